The minimum absolute atomic E-state index is 0.0543. The van der Waals surface area contributed by atoms with E-state index >= 15 is 0 Å². The molecular formula is C13H20N2O4S. The number of ether oxygens (including phenoxy) is 1. The van der Waals surface area contributed by atoms with Crippen molar-refractivity contribution in [1.82, 2.24) is 5.32 Å². The first-order valence-electron chi connectivity index (χ1n) is 6.28. The van der Waals surface area contributed by atoms with E-state index in [-0.39, 0.29) is 12.5 Å². The molecule has 0 radical (unpaired) electrons. The van der Waals surface area contributed by atoms with Gasteiger partial charge in [-0.05, 0) is 30.7 Å². The summed E-state index contributed by atoms with van der Waals surface area (Å²) in [6.07, 6.45) is 2.01. The Balaban J connectivity index is 2.57. The monoisotopic (exact) mass is 300 g/mol. The van der Waals surface area contributed by atoms with Crippen LogP contribution < -0.4 is 14.4 Å². The summed E-state index contributed by atoms with van der Waals surface area (Å²) in [5.74, 6) is 0.339. The van der Waals surface area contributed by atoms with Crippen LogP contribution in [-0.2, 0) is 14.8 Å². The Morgan fingerprint density at radius 1 is 1.30 bits per heavy atom. The van der Waals surface area contributed by atoms with Crippen LogP contribution in [0.3, 0.4) is 0 Å². The van der Waals surface area contributed by atoms with Gasteiger partial charge in [0.1, 0.15) is 5.75 Å². The van der Waals surface area contributed by atoms with Crippen LogP contribution in [0.5, 0.6) is 5.75 Å². The number of nitrogens with one attached hydrogen (secondary N) is 1. The van der Waals surface area contributed by atoms with Crippen molar-refractivity contribution in [2.75, 3.05) is 30.8 Å². The van der Waals surface area contributed by atoms with Gasteiger partial charge in [-0.15, -0.1) is 0 Å². The highest BCUT2D eigenvalue weighted by molar-refractivity contribution is 7.92. The molecule has 0 aromatic heterocycles. The van der Waals surface area contributed by atoms with Crippen LogP contribution in [0.25, 0.3) is 0 Å². The average molecular weight is 300 g/mol. The highest BCUT2D eigenvalue weighted by atomic mass is 32.2. The van der Waals surface area contributed by atoms with Gasteiger partial charge < -0.3 is 10.1 Å². The van der Waals surface area contributed by atoms with Crippen LogP contribution in [0, 0.1) is 0 Å². The molecule has 1 aromatic rings. The van der Waals surface area contributed by atoms with Gasteiger partial charge in [0.05, 0.1) is 11.9 Å². The second kappa shape index (κ2) is 7.14. The molecule has 0 heterocycles. The number of hydrogen-bond donors (Lipinski definition) is 1. The number of nitrogens with zero attached hydrogens (tertiary/aromatic N) is 1. The lowest BCUT2D eigenvalue weighted by Gasteiger charge is -2.16. The maximum Gasteiger partial charge on any atom is 0.257 e. The average Bonchev–Trinajstić information content (AvgIpc) is 2.41. The van der Waals surface area contributed by atoms with Gasteiger partial charge in [0.15, 0.2) is 6.61 Å². The zero-order valence-electron chi connectivity index (χ0n) is 11.9. The van der Waals surface area contributed by atoms with Gasteiger partial charge in [-0.1, -0.05) is 6.92 Å². The Kier molecular flexibility index (Phi) is 5.82. The maximum absolute atomic E-state index is 11.4. The zero-order valence-corrected chi connectivity index (χ0v) is 12.7. The molecular weight excluding hydrogens is 280 g/mol. The number of anilines is 1. The Hall–Kier alpha value is -1.76. The van der Waals surface area contributed by atoms with Crippen LogP contribution in [0.4, 0.5) is 5.69 Å². The van der Waals surface area contributed by atoms with Crippen molar-refractivity contribution in [3.63, 3.8) is 0 Å². The molecule has 6 nitrogen and oxygen atoms in total. The molecule has 0 aliphatic carbocycles. The molecule has 7 heteroatoms. The molecule has 0 aliphatic rings. The lowest BCUT2D eigenvalue weighted by molar-refractivity contribution is -0.123. The van der Waals surface area contributed by atoms with Crippen molar-refractivity contribution >= 4 is 21.6 Å². The van der Waals surface area contributed by atoms with Gasteiger partial charge in [-0.25, -0.2) is 8.42 Å². The van der Waals surface area contributed by atoms with E-state index in [2.05, 4.69) is 5.32 Å². The van der Waals surface area contributed by atoms with Gasteiger partial charge in [0, 0.05) is 13.6 Å². The molecule has 1 aromatic carbocycles. The highest BCUT2D eigenvalue weighted by Crippen LogP contribution is 2.20. The van der Waals surface area contributed by atoms with Gasteiger partial charge in [-0.3, -0.25) is 9.10 Å². The second-order valence-electron chi connectivity index (χ2n) is 4.36. The fourth-order valence-corrected chi connectivity index (χ4v) is 1.91. The second-order valence-corrected chi connectivity index (χ2v) is 6.38. The SMILES string of the molecule is CCCNC(=O)COc1ccc(N(C)S(C)(=O)=O)cc1. The first-order valence-corrected chi connectivity index (χ1v) is 8.13. The Morgan fingerprint density at radius 2 is 1.90 bits per heavy atom. The summed E-state index contributed by atoms with van der Waals surface area (Å²) < 4.78 is 29.2. The normalized spacial score (nSPS) is 10.9. The summed E-state index contributed by atoms with van der Waals surface area (Å²) >= 11 is 0. The predicted octanol–water partition coefficient (Wildman–Crippen LogP) is 0.987. The summed E-state index contributed by atoms with van der Waals surface area (Å²) in [5, 5.41) is 2.70. The third-order valence-electron chi connectivity index (χ3n) is 2.64. The molecule has 1 amide bonds. The van der Waals surface area contributed by atoms with Crippen LogP contribution in [0.1, 0.15) is 13.3 Å². The van der Waals surface area contributed by atoms with Crippen molar-refractivity contribution in [2.24, 2.45) is 0 Å². The number of benzene rings is 1. The minimum Gasteiger partial charge on any atom is -0.484 e. The van der Waals surface area contributed by atoms with E-state index in [9.17, 15) is 13.2 Å². The Morgan fingerprint density at radius 3 is 2.40 bits per heavy atom. The van der Waals surface area contributed by atoms with Crippen molar-refractivity contribution in [2.45, 2.75) is 13.3 Å². The number of carbonyl (C=O) groups is 1. The molecule has 0 atom stereocenters. The molecule has 1 N–H and O–H groups in total. The van der Waals surface area contributed by atoms with Gasteiger partial charge >= 0.3 is 0 Å². The summed E-state index contributed by atoms with van der Waals surface area (Å²) in [6.45, 7) is 2.54. The molecule has 112 valence electrons. The van der Waals surface area contributed by atoms with Crippen molar-refractivity contribution in [3.05, 3.63) is 24.3 Å². The third kappa shape index (κ3) is 5.08. The molecule has 0 aliphatic heterocycles. The quantitative estimate of drug-likeness (QED) is 0.814. The van der Waals surface area contributed by atoms with Crippen molar-refractivity contribution < 1.29 is 17.9 Å². The number of rotatable bonds is 7. The summed E-state index contributed by atoms with van der Waals surface area (Å²) in [6, 6.07) is 6.51. The number of sulfonamides is 1. The molecule has 0 spiro atoms. The smallest absolute Gasteiger partial charge is 0.257 e. The molecule has 0 saturated carbocycles. The molecule has 20 heavy (non-hydrogen) atoms. The molecule has 0 saturated heterocycles. The van der Waals surface area contributed by atoms with E-state index in [0.717, 1.165) is 12.7 Å². The van der Waals surface area contributed by atoms with Gasteiger partial charge in [-0.2, -0.15) is 0 Å². The Bertz CT molecular complexity index is 540. The van der Waals surface area contributed by atoms with Gasteiger partial charge in [0.2, 0.25) is 10.0 Å². The van der Waals surface area contributed by atoms with Crippen LogP contribution in [0.2, 0.25) is 0 Å². The molecule has 1 rings (SSSR count). The number of carbonyl (C=O) groups excluding carboxylic acids is 1. The third-order valence-corrected chi connectivity index (χ3v) is 3.85. The Labute approximate surface area is 119 Å². The topological polar surface area (TPSA) is 75.7 Å². The lowest BCUT2D eigenvalue weighted by Crippen LogP contribution is -2.29. The molecule has 0 fully saturated rings. The summed E-state index contributed by atoms with van der Waals surface area (Å²) in [7, 11) is -1.80. The van der Waals surface area contributed by atoms with Crippen LogP contribution in [0.15, 0.2) is 24.3 Å². The van der Waals surface area contributed by atoms with E-state index in [4.69, 9.17) is 4.74 Å². The van der Waals surface area contributed by atoms with E-state index in [1.165, 1.54) is 11.4 Å². The van der Waals surface area contributed by atoms with E-state index in [0.29, 0.717) is 18.0 Å². The van der Waals surface area contributed by atoms with Gasteiger partial charge in [0.25, 0.3) is 5.91 Å². The zero-order chi connectivity index (χ0) is 15.2. The predicted molar refractivity (Wildman–Crippen MR) is 78.5 cm³/mol. The first kappa shape index (κ1) is 16.3. The standard InChI is InChI=1S/C13H20N2O4S/c1-4-9-14-13(16)10-19-12-7-5-11(6-8-12)15(2)20(3,17)18/h5-8H,4,9-10H2,1-3H3,(H,14,16). The highest BCUT2D eigenvalue weighted by Gasteiger charge is 2.11. The molecule has 0 unspecified atom stereocenters. The lowest BCUT2D eigenvalue weighted by atomic mass is 10.3. The fraction of sp³-hybridized carbons (Fsp3) is 0.462. The summed E-state index contributed by atoms with van der Waals surface area (Å²) in [5.41, 5.74) is 0.537. The van der Waals surface area contributed by atoms with E-state index < -0.39 is 10.0 Å². The van der Waals surface area contributed by atoms with E-state index in [1.54, 1.807) is 24.3 Å². The first-order chi connectivity index (χ1) is 9.34. The maximum atomic E-state index is 11.4. The number of amides is 1. The van der Waals surface area contributed by atoms with Crippen LogP contribution in [-0.4, -0.2) is 40.8 Å². The van der Waals surface area contributed by atoms with E-state index in [1.807, 2.05) is 6.92 Å². The fourth-order valence-electron chi connectivity index (χ4n) is 1.41. The van der Waals surface area contributed by atoms with Crippen LogP contribution >= 0.6 is 0 Å². The largest absolute Gasteiger partial charge is 0.484 e. The minimum atomic E-state index is -3.28. The number of hydrogen-bond acceptors (Lipinski definition) is 4. The van der Waals surface area contributed by atoms with Crippen molar-refractivity contribution in [1.29, 1.82) is 0 Å². The van der Waals surface area contributed by atoms with Crippen molar-refractivity contribution in [3.8, 4) is 5.75 Å². The molecule has 0 bridgehead atoms. The summed E-state index contributed by atoms with van der Waals surface area (Å²) in [4.78, 5) is 11.4.